The summed E-state index contributed by atoms with van der Waals surface area (Å²) in [4.78, 5) is 21.5. The van der Waals surface area contributed by atoms with E-state index in [1.54, 1.807) is 31.3 Å². The number of aromatic amines is 1. The highest BCUT2D eigenvalue weighted by atomic mass is 35.5. The highest BCUT2D eigenvalue weighted by Gasteiger charge is 2.17. The van der Waals surface area contributed by atoms with Gasteiger partial charge in [0.25, 0.3) is 5.91 Å². The maximum Gasteiger partial charge on any atom is 0.270 e. The molecule has 7 nitrogen and oxygen atoms in total. The molecule has 0 unspecified atom stereocenters. The largest absolute Gasteiger partial charge is 0.394 e. The molecule has 0 spiro atoms. The predicted molar refractivity (Wildman–Crippen MR) is 98.8 cm³/mol. The Labute approximate surface area is 155 Å². The summed E-state index contributed by atoms with van der Waals surface area (Å²) in [6, 6.07) is 8.41. The van der Waals surface area contributed by atoms with Gasteiger partial charge in [0.05, 0.1) is 24.1 Å². The van der Waals surface area contributed by atoms with Gasteiger partial charge < -0.3 is 10.4 Å². The van der Waals surface area contributed by atoms with Gasteiger partial charge in [-0.25, -0.2) is 9.97 Å². The number of H-pyrrole nitrogens is 1. The van der Waals surface area contributed by atoms with Gasteiger partial charge in [-0.1, -0.05) is 23.7 Å². The van der Waals surface area contributed by atoms with Crippen LogP contribution in [0.5, 0.6) is 0 Å². The number of aryl methyl sites for hydroxylation is 1. The molecule has 0 aliphatic carbocycles. The van der Waals surface area contributed by atoms with Gasteiger partial charge in [0.2, 0.25) is 0 Å². The van der Waals surface area contributed by atoms with Crippen molar-refractivity contribution < 1.29 is 9.90 Å². The Morgan fingerprint density at radius 3 is 2.65 bits per heavy atom. The van der Waals surface area contributed by atoms with Crippen LogP contribution in [-0.2, 0) is 0 Å². The zero-order valence-corrected chi connectivity index (χ0v) is 15.1. The predicted octanol–water partition coefficient (Wildman–Crippen LogP) is 2.61. The maximum atomic E-state index is 12.5. The molecule has 0 saturated carbocycles. The van der Waals surface area contributed by atoms with Crippen LogP contribution in [0.2, 0.25) is 5.02 Å². The second-order valence-electron chi connectivity index (χ2n) is 5.93. The fraction of sp³-hybridized carbons (Fsp3) is 0.222. The van der Waals surface area contributed by atoms with Crippen LogP contribution >= 0.6 is 11.6 Å². The monoisotopic (exact) mass is 371 g/mol. The van der Waals surface area contributed by atoms with E-state index in [4.69, 9.17) is 16.7 Å². The SMILES string of the molecule is Cc1[nH]ncc1-c1nc(C(=O)N[C@@H](C)CO)cc(-c2ccc(Cl)cc2)n1. The third-order valence-corrected chi connectivity index (χ3v) is 4.07. The van der Waals surface area contributed by atoms with Crippen molar-refractivity contribution >= 4 is 17.5 Å². The Balaban J connectivity index is 2.09. The van der Waals surface area contributed by atoms with Crippen LogP contribution in [0.25, 0.3) is 22.6 Å². The summed E-state index contributed by atoms with van der Waals surface area (Å²) in [5.41, 5.74) is 3.12. The second-order valence-corrected chi connectivity index (χ2v) is 6.37. The van der Waals surface area contributed by atoms with Gasteiger partial charge in [-0.2, -0.15) is 5.10 Å². The molecular weight excluding hydrogens is 354 g/mol. The molecule has 8 heteroatoms. The van der Waals surface area contributed by atoms with Gasteiger partial charge in [0.15, 0.2) is 5.82 Å². The van der Waals surface area contributed by atoms with Crippen molar-refractivity contribution in [1.29, 1.82) is 0 Å². The van der Waals surface area contributed by atoms with Crippen molar-refractivity contribution in [3.63, 3.8) is 0 Å². The minimum Gasteiger partial charge on any atom is -0.394 e. The lowest BCUT2D eigenvalue weighted by Gasteiger charge is -2.12. The summed E-state index contributed by atoms with van der Waals surface area (Å²) in [6.45, 7) is 3.41. The third kappa shape index (κ3) is 3.89. The van der Waals surface area contributed by atoms with E-state index in [0.717, 1.165) is 11.3 Å². The van der Waals surface area contributed by atoms with Crippen LogP contribution in [0.3, 0.4) is 0 Å². The molecule has 2 heterocycles. The first-order valence-electron chi connectivity index (χ1n) is 8.05. The number of hydrogen-bond donors (Lipinski definition) is 3. The summed E-state index contributed by atoms with van der Waals surface area (Å²) in [7, 11) is 0. The lowest BCUT2D eigenvalue weighted by atomic mass is 10.1. The molecule has 3 aromatic rings. The number of benzene rings is 1. The summed E-state index contributed by atoms with van der Waals surface area (Å²) in [6.07, 6.45) is 1.62. The highest BCUT2D eigenvalue weighted by molar-refractivity contribution is 6.30. The van der Waals surface area contributed by atoms with Crippen molar-refractivity contribution in [2.45, 2.75) is 19.9 Å². The summed E-state index contributed by atoms with van der Waals surface area (Å²) in [5, 5.41) is 19.3. The molecule has 26 heavy (non-hydrogen) atoms. The number of halogens is 1. The normalized spacial score (nSPS) is 12.0. The zero-order valence-electron chi connectivity index (χ0n) is 14.3. The van der Waals surface area contributed by atoms with Crippen LogP contribution in [0.1, 0.15) is 23.1 Å². The van der Waals surface area contributed by atoms with E-state index in [9.17, 15) is 4.79 Å². The Morgan fingerprint density at radius 1 is 1.31 bits per heavy atom. The van der Waals surface area contributed by atoms with Gasteiger partial charge in [0, 0.05) is 22.3 Å². The highest BCUT2D eigenvalue weighted by Crippen LogP contribution is 2.25. The zero-order chi connectivity index (χ0) is 18.7. The van der Waals surface area contributed by atoms with E-state index in [1.807, 2.05) is 19.1 Å². The van der Waals surface area contributed by atoms with Crippen LogP contribution in [0, 0.1) is 6.92 Å². The Hall–Kier alpha value is -2.77. The summed E-state index contributed by atoms with van der Waals surface area (Å²) >= 11 is 5.95. The summed E-state index contributed by atoms with van der Waals surface area (Å²) in [5.74, 6) is 0.0112. The third-order valence-electron chi connectivity index (χ3n) is 3.82. The number of amides is 1. The molecule has 1 aromatic carbocycles. The molecule has 134 valence electrons. The number of aliphatic hydroxyl groups is 1. The van der Waals surface area contributed by atoms with Crippen molar-refractivity contribution in [1.82, 2.24) is 25.5 Å². The van der Waals surface area contributed by atoms with E-state index < -0.39 is 0 Å². The lowest BCUT2D eigenvalue weighted by molar-refractivity contribution is 0.0917. The number of hydrogen-bond acceptors (Lipinski definition) is 5. The number of aliphatic hydroxyl groups excluding tert-OH is 1. The molecule has 0 saturated heterocycles. The molecule has 0 radical (unpaired) electrons. The van der Waals surface area contributed by atoms with E-state index in [-0.39, 0.29) is 24.2 Å². The minimum atomic E-state index is -0.383. The van der Waals surface area contributed by atoms with Crippen LogP contribution in [-0.4, -0.2) is 43.8 Å². The van der Waals surface area contributed by atoms with Crippen LogP contribution in [0.4, 0.5) is 0 Å². The molecule has 3 N–H and O–H groups in total. The summed E-state index contributed by atoms with van der Waals surface area (Å²) < 4.78 is 0. The van der Waals surface area contributed by atoms with Gasteiger partial charge in [-0.3, -0.25) is 9.89 Å². The number of aromatic nitrogens is 4. The van der Waals surface area contributed by atoms with Gasteiger partial charge in [-0.15, -0.1) is 0 Å². The van der Waals surface area contributed by atoms with Gasteiger partial charge in [0.1, 0.15) is 5.69 Å². The molecule has 0 fully saturated rings. The number of rotatable bonds is 5. The fourth-order valence-electron chi connectivity index (χ4n) is 2.37. The smallest absolute Gasteiger partial charge is 0.270 e. The Bertz CT molecular complexity index is 924. The molecule has 0 aliphatic heterocycles. The second kappa shape index (κ2) is 7.63. The first-order chi connectivity index (χ1) is 12.5. The molecule has 0 aliphatic rings. The molecule has 1 atom stereocenters. The van der Waals surface area contributed by atoms with E-state index in [2.05, 4.69) is 25.5 Å². The van der Waals surface area contributed by atoms with E-state index >= 15 is 0 Å². The Kier molecular flexibility index (Phi) is 5.29. The van der Waals surface area contributed by atoms with Gasteiger partial charge >= 0.3 is 0 Å². The molecule has 0 bridgehead atoms. The molecule has 2 aromatic heterocycles. The van der Waals surface area contributed by atoms with Crippen LogP contribution in [0.15, 0.2) is 36.5 Å². The average molecular weight is 372 g/mol. The number of carbonyl (C=O) groups excluding carboxylic acids is 1. The first-order valence-corrected chi connectivity index (χ1v) is 8.43. The average Bonchev–Trinajstić information content (AvgIpc) is 3.07. The molecular formula is C18H18ClN5O2. The standard InChI is InChI=1S/C18H18ClN5O2/c1-10(9-25)21-18(26)16-7-15(12-3-5-13(19)6-4-12)22-17(23-16)14-8-20-24-11(14)2/h3-8,10,25H,9H2,1-2H3,(H,20,24)(H,21,26)/t10-/m0/s1. The minimum absolute atomic E-state index is 0.158. The lowest BCUT2D eigenvalue weighted by Crippen LogP contribution is -2.35. The van der Waals surface area contributed by atoms with Crippen molar-refractivity contribution in [2.24, 2.45) is 0 Å². The van der Waals surface area contributed by atoms with E-state index in [1.165, 1.54) is 0 Å². The van der Waals surface area contributed by atoms with Crippen molar-refractivity contribution in [3.05, 3.63) is 52.9 Å². The van der Waals surface area contributed by atoms with E-state index in [0.29, 0.717) is 22.1 Å². The van der Waals surface area contributed by atoms with Gasteiger partial charge in [-0.05, 0) is 32.0 Å². The fourth-order valence-corrected chi connectivity index (χ4v) is 2.50. The quantitative estimate of drug-likeness (QED) is 0.639. The number of nitrogens with one attached hydrogen (secondary N) is 2. The van der Waals surface area contributed by atoms with Crippen molar-refractivity contribution in [3.8, 4) is 22.6 Å². The van der Waals surface area contributed by atoms with Crippen LogP contribution < -0.4 is 5.32 Å². The number of carbonyl (C=O) groups is 1. The Morgan fingerprint density at radius 2 is 2.04 bits per heavy atom. The maximum absolute atomic E-state index is 12.5. The topological polar surface area (TPSA) is 104 Å². The molecule has 3 rings (SSSR count). The molecule has 1 amide bonds. The first kappa shape index (κ1) is 18.0. The number of nitrogens with zero attached hydrogens (tertiary/aromatic N) is 3. The van der Waals surface area contributed by atoms with Crippen molar-refractivity contribution in [2.75, 3.05) is 6.61 Å².